The average molecular weight is 361 g/mol. The molecule has 0 bridgehead atoms. The Bertz CT molecular complexity index is 683. The van der Waals surface area contributed by atoms with Crippen LogP contribution in [-0.2, 0) is 9.53 Å². The van der Waals surface area contributed by atoms with Crippen LogP contribution in [0.3, 0.4) is 0 Å². The second-order valence-corrected chi connectivity index (χ2v) is 6.24. The van der Waals surface area contributed by atoms with Crippen LogP contribution < -0.4 is 10.1 Å². The molecule has 2 aliphatic rings. The van der Waals surface area contributed by atoms with Crippen LogP contribution in [0.5, 0.6) is 5.75 Å². The highest BCUT2D eigenvalue weighted by molar-refractivity contribution is 6.14. The summed E-state index contributed by atoms with van der Waals surface area (Å²) in [7, 11) is 1.58. The van der Waals surface area contributed by atoms with Gasteiger partial charge in [-0.15, -0.1) is 0 Å². The number of aliphatic hydroxyl groups is 1. The van der Waals surface area contributed by atoms with Crippen molar-refractivity contribution in [3.8, 4) is 5.75 Å². The third-order valence-electron chi connectivity index (χ3n) is 4.36. The predicted molar refractivity (Wildman–Crippen MR) is 94.5 cm³/mol. The number of carbonyl (C=O) groups excluding carboxylic acids is 2. The predicted octanol–water partition coefficient (Wildman–Crippen LogP) is 0.281. The van der Waals surface area contributed by atoms with Gasteiger partial charge < -0.3 is 19.9 Å². The number of imide groups is 1. The van der Waals surface area contributed by atoms with E-state index in [2.05, 4.69) is 10.2 Å². The van der Waals surface area contributed by atoms with E-state index in [-0.39, 0.29) is 12.2 Å². The number of nitrogens with one attached hydrogen (secondary N) is 1. The van der Waals surface area contributed by atoms with Crippen LogP contribution in [0.25, 0.3) is 6.08 Å². The number of methoxy groups -OCH3 is 1. The number of amides is 3. The molecular formula is C18H23N3O5. The largest absolute Gasteiger partial charge is 0.497 e. The Balaban J connectivity index is 1.61. The maximum Gasteiger partial charge on any atom is 0.329 e. The fourth-order valence-electron chi connectivity index (χ4n) is 2.95. The number of urea groups is 1. The number of aliphatic hydroxyl groups excluding tert-OH is 1. The molecule has 1 unspecified atom stereocenters. The number of nitrogens with zero attached hydrogens (tertiary/aromatic N) is 2. The summed E-state index contributed by atoms with van der Waals surface area (Å²) in [5, 5.41) is 12.8. The molecule has 2 N–H and O–H groups in total. The molecule has 0 aromatic heterocycles. The molecule has 8 nitrogen and oxygen atoms in total. The zero-order valence-corrected chi connectivity index (χ0v) is 14.7. The van der Waals surface area contributed by atoms with Crippen LogP contribution in [0.1, 0.15) is 5.56 Å². The molecule has 0 aliphatic carbocycles. The highest BCUT2D eigenvalue weighted by Crippen LogP contribution is 2.17. The van der Waals surface area contributed by atoms with Gasteiger partial charge in [-0.3, -0.25) is 14.6 Å². The fraction of sp³-hybridized carbons (Fsp3) is 0.444. The SMILES string of the molecule is COc1ccc(/C=C2\NC(=O)N(CC(O)CN3CCOCC3)C2=O)cc1. The summed E-state index contributed by atoms with van der Waals surface area (Å²) < 4.78 is 10.4. The first-order valence-corrected chi connectivity index (χ1v) is 8.53. The summed E-state index contributed by atoms with van der Waals surface area (Å²) in [5.74, 6) is 0.272. The summed E-state index contributed by atoms with van der Waals surface area (Å²) in [6.45, 7) is 3.09. The van der Waals surface area contributed by atoms with Gasteiger partial charge in [0.05, 0.1) is 33.0 Å². The first kappa shape index (κ1) is 18.4. The van der Waals surface area contributed by atoms with E-state index in [0.29, 0.717) is 25.5 Å². The number of benzene rings is 1. The van der Waals surface area contributed by atoms with Gasteiger partial charge in [0.25, 0.3) is 5.91 Å². The van der Waals surface area contributed by atoms with E-state index in [1.54, 1.807) is 37.5 Å². The Morgan fingerprint density at radius 2 is 1.92 bits per heavy atom. The van der Waals surface area contributed by atoms with Crippen LogP contribution in [0.15, 0.2) is 30.0 Å². The van der Waals surface area contributed by atoms with Crippen LogP contribution >= 0.6 is 0 Å². The van der Waals surface area contributed by atoms with E-state index in [1.807, 2.05) is 0 Å². The molecular weight excluding hydrogens is 338 g/mol. The molecule has 140 valence electrons. The van der Waals surface area contributed by atoms with Gasteiger partial charge >= 0.3 is 6.03 Å². The second-order valence-electron chi connectivity index (χ2n) is 6.24. The van der Waals surface area contributed by atoms with Gasteiger partial charge in [-0.05, 0) is 23.8 Å². The van der Waals surface area contributed by atoms with Crippen molar-refractivity contribution < 1.29 is 24.2 Å². The van der Waals surface area contributed by atoms with Crippen molar-refractivity contribution in [2.24, 2.45) is 0 Å². The van der Waals surface area contributed by atoms with Crippen molar-refractivity contribution in [1.29, 1.82) is 0 Å². The van der Waals surface area contributed by atoms with Crippen molar-refractivity contribution in [2.45, 2.75) is 6.10 Å². The zero-order chi connectivity index (χ0) is 18.5. The summed E-state index contributed by atoms with van der Waals surface area (Å²) in [6.07, 6.45) is 0.803. The molecule has 3 amide bonds. The zero-order valence-electron chi connectivity index (χ0n) is 14.7. The third kappa shape index (κ3) is 4.40. The van der Waals surface area contributed by atoms with Crippen molar-refractivity contribution in [2.75, 3.05) is 46.5 Å². The lowest BCUT2D eigenvalue weighted by Crippen LogP contribution is -2.46. The molecule has 2 aliphatic heterocycles. The van der Waals surface area contributed by atoms with E-state index in [1.165, 1.54) is 0 Å². The average Bonchev–Trinajstić information content (AvgIpc) is 2.90. The Labute approximate surface area is 152 Å². The minimum Gasteiger partial charge on any atom is -0.497 e. The first-order chi connectivity index (χ1) is 12.6. The Kier molecular flexibility index (Phi) is 5.87. The molecule has 1 atom stereocenters. The van der Waals surface area contributed by atoms with E-state index in [4.69, 9.17) is 9.47 Å². The molecule has 26 heavy (non-hydrogen) atoms. The van der Waals surface area contributed by atoms with Crippen LogP contribution in [0.2, 0.25) is 0 Å². The van der Waals surface area contributed by atoms with Gasteiger partial charge in [0, 0.05) is 19.6 Å². The monoisotopic (exact) mass is 361 g/mol. The van der Waals surface area contributed by atoms with Crippen LogP contribution in [0.4, 0.5) is 4.79 Å². The summed E-state index contributed by atoms with van der Waals surface area (Å²) in [5.41, 5.74) is 0.962. The highest BCUT2D eigenvalue weighted by Gasteiger charge is 2.35. The van der Waals surface area contributed by atoms with Crippen molar-refractivity contribution in [3.63, 3.8) is 0 Å². The number of hydrogen-bond acceptors (Lipinski definition) is 6. The molecule has 0 saturated carbocycles. The molecule has 1 aromatic rings. The van der Waals surface area contributed by atoms with Gasteiger partial charge in [0.15, 0.2) is 0 Å². The molecule has 2 fully saturated rings. The highest BCUT2D eigenvalue weighted by atomic mass is 16.5. The fourth-order valence-corrected chi connectivity index (χ4v) is 2.95. The van der Waals surface area contributed by atoms with Gasteiger partial charge in [0.2, 0.25) is 0 Å². The van der Waals surface area contributed by atoms with E-state index < -0.39 is 18.0 Å². The lowest BCUT2D eigenvalue weighted by atomic mass is 10.2. The smallest absolute Gasteiger partial charge is 0.329 e. The minimum absolute atomic E-state index is 0.0397. The molecule has 0 radical (unpaired) electrons. The van der Waals surface area contributed by atoms with Crippen molar-refractivity contribution in [1.82, 2.24) is 15.1 Å². The van der Waals surface area contributed by atoms with E-state index in [0.717, 1.165) is 23.6 Å². The van der Waals surface area contributed by atoms with Gasteiger partial charge in [0.1, 0.15) is 11.4 Å². The first-order valence-electron chi connectivity index (χ1n) is 8.53. The van der Waals surface area contributed by atoms with Crippen molar-refractivity contribution in [3.05, 3.63) is 35.5 Å². The number of β-amino-alcohol motifs (C(OH)–C–C–N with tert-alkyl or cyclic N) is 1. The standard InChI is InChI=1S/C18H23N3O5/c1-25-15-4-2-13(3-5-15)10-16-17(23)21(18(24)19-16)12-14(22)11-20-6-8-26-9-7-20/h2-5,10,14,22H,6-9,11-12H2,1H3,(H,19,24)/b16-10-. The number of ether oxygens (including phenoxy) is 2. The number of carbonyl (C=O) groups is 2. The van der Waals surface area contributed by atoms with E-state index in [9.17, 15) is 14.7 Å². The summed E-state index contributed by atoms with van der Waals surface area (Å²) >= 11 is 0. The minimum atomic E-state index is -0.803. The molecule has 2 heterocycles. The second kappa shape index (κ2) is 8.31. The number of morpholine rings is 1. The lowest BCUT2D eigenvalue weighted by molar-refractivity contribution is -0.124. The Hall–Kier alpha value is -2.42. The molecule has 0 spiro atoms. The summed E-state index contributed by atoms with van der Waals surface area (Å²) in [6, 6.07) is 6.62. The molecule has 8 heteroatoms. The normalized spacial score (nSPS) is 21.2. The molecule has 2 saturated heterocycles. The third-order valence-corrected chi connectivity index (χ3v) is 4.36. The maximum absolute atomic E-state index is 12.5. The van der Waals surface area contributed by atoms with Gasteiger partial charge in [-0.2, -0.15) is 0 Å². The Morgan fingerprint density at radius 1 is 1.23 bits per heavy atom. The quantitative estimate of drug-likeness (QED) is 0.559. The molecule has 1 aromatic carbocycles. The Morgan fingerprint density at radius 3 is 2.58 bits per heavy atom. The maximum atomic E-state index is 12.5. The van der Waals surface area contributed by atoms with Crippen LogP contribution in [0, 0.1) is 0 Å². The van der Waals surface area contributed by atoms with Gasteiger partial charge in [-0.1, -0.05) is 12.1 Å². The van der Waals surface area contributed by atoms with Crippen molar-refractivity contribution >= 4 is 18.0 Å². The molecule has 3 rings (SSSR count). The summed E-state index contributed by atoms with van der Waals surface area (Å²) in [4.78, 5) is 27.7. The number of rotatable bonds is 6. The topological polar surface area (TPSA) is 91.3 Å². The lowest BCUT2D eigenvalue weighted by Gasteiger charge is -2.29. The van der Waals surface area contributed by atoms with Crippen LogP contribution in [-0.4, -0.2) is 79.5 Å². The number of hydrogen-bond donors (Lipinski definition) is 2. The van der Waals surface area contributed by atoms with E-state index >= 15 is 0 Å². The van der Waals surface area contributed by atoms with Gasteiger partial charge in [-0.25, -0.2) is 4.79 Å².